The Bertz CT molecular complexity index is 64.5. The van der Waals surface area contributed by atoms with Gasteiger partial charge in [0.05, 0.1) is 0 Å². The zero-order valence-electron chi connectivity index (χ0n) is 2.56. The summed E-state index contributed by atoms with van der Waals surface area (Å²) in [7, 11) is 0. The molecule has 0 fully saturated rings. The third kappa shape index (κ3) is 3.71. The van der Waals surface area contributed by atoms with Gasteiger partial charge in [-0.25, -0.2) is 0 Å². The molecule has 0 amide bonds. The molecule has 0 atom stereocenters. The normalized spacial score (nSPS) is 3.80. The fourth-order valence-corrected chi connectivity index (χ4v) is 0.168. The Labute approximate surface area is 37.1 Å². The molecular formula is CHN2OZn. The summed E-state index contributed by atoms with van der Waals surface area (Å²) in [6.07, 6.45) is 1.54. The first-order valence-corrected chi connectivity index (χ1v) is 3.81. The van der Waals surface area contributed by atoms with Crippen molar-refractivity contribution in [1.29, 1.82) is 5.26 Å². The molecule has 0 aromatic heterocycles. The van der Waals surface area contributed by atoms with Gasteiger partial charge in [-0.1, -0.05) is 0 Å². The molecule has 0 aromatic carbocycles. The molecule has 0 rings (SSSR count). The quantitative estimate of drug-likeness (QED) is 0.287. The Balaban J connectivity index is 2.75. The maximum atomic E-state index is 9.38. The fraction of sp³-hybridized carbons (Fsp3) is 0. The Morgan fingerprint density at radius 2 is 2.60 bits per heavy atom. The van der Waals surface area contributed by atoms with Crippen LogP contribution in [-0.4, -0.2) is 0 Å². The van der Waals surface area contributed by atoms with Crippen LogP contribution in [0.25, 0.3) is 0 Å². The molecule has 0 aromatic rings. The summed E-state index contributed by atoms with van der Waals surface area (Å²) < 4.78 is 11.4. The Kier molecular flexibility index (Phi) is 3.50. The molecule has 0 aliphatic rings. The van der Waals surface area contributed by atoms with E-state index in [-0.39, 0.29) is 0 Å². The fourth-order valence-electron chi connectivity index (χ4n) is 0.0323. The Morgan fingerprint density at radius 1 is 2.00 bits per heavy atom. The third-order valence-corrected chi connectivity index (χ3v) is 0.786. The van der Waals surface area contributed by atoms with Crippen molar-refractivity contribution in [3.05, 3.63) is 0 Å². The van der Waals surface area contributed by atoms with Crippen LogP contribution in [0, 0.1) is 11.5 Å². The van der Waals surface area contributed by atoms with Crippen molar-refractivity contribution in [2.24, 2.45) is 0 Å². The number of hydrogen-bond donors (Lipinski definition) is 1. The van der Waals surface area contributed by atoms with E-state index in [1.807, 2.05) is 4.06 Å². The number of nitrogens with one attached hydrogen (secondary N) is 1. The minimum atomic E-state index is -1.77. The second kappa shape index (κ2) is 3.71. The molecule has 3 nitrogen and oxygen atoms in total. The van der Waals surface area contributed by atoms with E-state index < -0.39 is 17.3 Å². The molecule has 0 saturated carbocycles. The van der Waals surface area contributed by atoms with Gasteiger partial charge < -0.3 is 0 Å². The van der Waals surface area contributed by atoms with Crippen LogP contribution in [0.4, 0.5) is 0 Å². The van der Waals surface area contributed by atoms with Gasteiger partial charge in [0.15, 0.2) is 0 Å². The molecule has 0 spiro atoms. The van der Waals surface area contributed by atoms with E-state index in [1.165, 1.54) is 6.19 Å². The average molecular weight is 122 g/mol. The van der Waals surface area contributed by atoms with E-state index in [0.717, 1.165) is 0 Å². The van der Waals surface area contributed by atoms with Gasteiger partial charge in [-0.3, -0.25) is 0 Å². The van der Waals surface area contributed by atoms with Gasteiger partial charge in [0.1, 0.15) is 0 Å². The molecule has 0 aliphatic carbocycles. The van der Waals surface area contributed by atoms with Gasteiger partial charge >= 0.3 is 36.4 Å². The molecule has 4 heteroatoms. The average Bonchev–Trinajstić information content (AvgIpc) is 1.41. The van der Waals surface area contributed by atoms with Gasteiger partial charge in [-0.2, -0.15) is 0 Å². The van der Waals surface area contributed by atoms with Gasteiger partial charge in [-0.15, -0.1) is 0 Å². The summed E-state index contributed by atoms with van der Waals surface area (Å²) in [6.45, 7) is 0. The van der Waals surface area contributed by atoms with E-state index in [2.05, 4.69) is 0 Å². The van der Waals surface area contributed by atoms with Gasteiger partial charge in [0.25, 0.3) is 0 Å². The van der Waals surface area contributed by atoms with Crippen LogP contribution in [-0.2, 0) is 20.9 Å². The summed E-state index contributed by atoms with van der Waals surface area (Å²) in [4.78, 5) is 0. The van der Waals surface area contributed by atoms with E-state index in [0.29, 0.717) is 0 Å². The summed E-state index contributed by atoms with van der Waals surface area (Å²) in [5.74, 6) is 0. The van der Waals surface area contributed by atoms with E-state index in [1.54, 1.807) is 0 Å². The van der Waals surface area contributed by atoms with Crippen molar-refractivity contribution >= 4 is 0 Å². The van der Waals surface area contributed by atoms with Crippen LogP contribution in [0.3, 0.4) is 0 Å². The molecule has 0 saturated heterocycles. The zero-order chi connectivity index (χ0) is 4.12. The van der Waals surface area contributed by atoms with Crippen LogP contribution < -0.4 is 4.06 Å². The summed E-state index contributed by atoms with van der Waals surface area (Å²) in [5, 5.41) is 7.55. The van der Waals surface area contributed by atoms with Crippen LogP contribution in [0.15, 0.2) is 0 Å². The molecule has 0 radical (unpaired) electrons. The topological polar surface area (TPSA) is 52.9 Å². The van der Waals surface area contributed by atoms with Crippen molar-refractivity contribution in [1.82, 2.24) is 4.06 Å². The van der Waals surface area contributed by atoms with E-state index in [4.69, 9.17) is 5.26 Å². The van der Waals surface area contributed by atoms with Crippen LogP contribution in [0.1, 0.15) is 0 Å². The monoisotopic (exact) mass is 121 g/mol. The van der Waals surface area contributed by atoms with Gasteiger partial charge in [-0.05, 0) is 0 Å². The van der Waals surface area contributed by atoms with Gasteiger partial charge in [0.2, 0.25) is 0 Å². The molecule has 0 bridgehead atoms. The maximum absolute atomic E-state index is 9.38. The van der Waals surface area contributed by atoms with Crippen molar-refractivity contribution < 1.29 is 20.9 Å². The standard InChI is InChI=1S/CHN2.O.Zn/c2-1-3;;/h2H;;/q-1;;+1. The van der Waals surface area contributed by atoms with Crippen molar-refractivity contribution in [3.63, 3.8) is 0 Å². The third-order valence-electron chi connectivity index (χ3n) is 0.151. The van der Waals surface area contributed by atoms with Crippen molar-refractivity contribution in [2.75, 3.05) is 0 Å². The van der Waals surface area contributed by atoms with Crippen LogP contribution in [0.5, 0.6) is 0 Å². The first kappa shape index (κ1) is 4.71. The first-order valence-electron chi connectivity index (χ1n) is 1.12. The molecular weight excluding hydrogens is 121 g/mol. The molecule has 23 valence electrons. The number of rotatable bonds is 1. The summed E-state index contributed by atoms with van der Waals surface area (Å²) in [6, 6.07) is 0. The minimum absolute atomic E-state index is 1.54. The van der Waals surface area contributed by atoms with E-state index in [9.17, 15) is 3.57 Å². The number of hydrogen-bond acceptors (Lipinski definition) is 2. The van der Waals surface area contributed by atoms with Crippen LogP contribution in [0.2, 0.25) is 0 Å². The number of nitriles is 1. The summed E-state index contributed by atoms with van der Waals surface area (Å²) >= 11 is -1.77. The van der Waals surface area contributed by atoms with E-state index >= 15 is 0 Å². The Hall–Kier alpha value is -0.287. The molecule has 0 unspecified atom stereocenters. The summed E-state index contributed by atoms with van der Waals surface area (Å²) in [5.41, 5.74) is 0. The molecule has 0 aliphatic heterocycles. The second-order valence-electron chi connectivity index (χ2n) is 0.433. The van der Waals surface area contributed by atoms with Crippen molar-refractivity contribution in [2.45, 2.75) is 0 Å². The van der Waals surface area contributed by atoms with Gasteiger partial charge in [0, 0.05) is 0 Å². The SMILES string of the molecule is N#C[NH][Zn]=[O]. The predicted molar refractivity (Wildman–Crippen MR) is 9.44 cm³/mol. The van der Waals surface area contributed by atoms with Crippen LogP contribution >= 0.6 is 0 Å². The zero-order valence-corrected chi connectivity index (χ0v) is 5.53. The second-order valence-corrected chi connectivity index (χ2v) is 1.78. The molecule has 1 N–H and O–H groups in total. The molecule has 0 heterocycles. The predicted octanol–water partition coefficient (Wildman–Crippen LogP) is -0.600. The first-order chi connectivity index (χ1) is 2.41. The molecule has 5 heavy (non-hydrogen) atoms. The van der Waals surface area contributed by atoms with Crippen molar-refractivity contribution in [3.8, 4) is 6.19 Å². The number of nitrogens with zero attached hydrogens (tertiary/aromatic N) is 1. The Morgan fingerprint density at radius 3 is 2.60 bits per heavy atom.